The van der Waals surface area contributed by atoms with Crippen LogP contribution in [0, 0.1) is 0 Å². The van der Waals surface area contributed by atoms with Gasteiger partial charge in [0.15, 0.2) is 5.65 Å². The van der Waals surface area contributed by atoms with Gasteiger partial charge in [0, 0.05) is 46.7 Å². The van der Waals surface area contributed by atoms with Crippen molar-refractivity contribution >= 4 is 27.5 Å². The summed E-state index contributed by atoms with van der Waals surface area (Å²) in [7, 11) is 0. The molecule has 0 aliphatic carbocycles. The molecule has 1 atom stereocenters. The van der Waals surface area contributed by atoms with E-state index < -0.39 is 0 Å². The number of allylic oxidation sites excluding steroid dienone is 2. The molecule has 5 nitrogen and oxygen atoms in total. The minimum Gasteiger partial charge on any atom is -0.384 e. The molecule has 0 amide bonds. The molecule has 23 heavy (non-hydrogen) atoms. The number of aromatic nitrogens is 4. The van der Waals surface area contributed by atoms with E-state index in [4.69, 9.17) is 0 Å². The van der Waals surface area contributed by atoms with Crippen molar-refractivity contribution in [1.29, 1.82) is 0 Å². The number of fused-ring (bicyclic) bond motifs is 3. The lowest BCUT2D eigenvalue weighted by Crippen LogP contribution is -2.25. The van der Waals surface area contributed by atoms with E-state index >= 15 is 0 Å². The molecule has 2 N–H and O–H groups in total. The van der Waals surface area contributed by atoms with Gasteiger partial charge in [-0.3, -0.25) is 0 Å². The van der Waals surface area contributed by atoms with Gasteiger partial charge in [0.2, 0.25) is 0 Å². The molecule has 0 aromatic carbocycles. The van der Waals surface area contributed by atoms with Crippen LogP contribution in [0.4, 0.5) is 0 Å². The molecule has 4 heterocycles. The Morgan fingerprint density at radius 3 is 2.96 bits per heavy atom. The lowest BCUT2D eigenvalue weighted by Gasteiger charge is -2.22. The number of hydrogen-bond acceptors (Lipinski definition) is 4. The first kappa shape index (κ1) is 13.9. The number of dihydropyridines is 1. The van der Waals surface area contributed by atoms with Crippen LogP contribution in [0.2, 0.25) is 0 Å². The SMILES string of the molecule is CCCC1C=C(C)C(c2cc3cnc4ncnc4c3c[nH]2)=CN1. The highest BCUT2D eigenvalue weighted by molar-refractivity contribution is 6.02. The molecular formula is C18H19N5. The molecule has 1 aliphatic rings. The molecule has 1 aliphatic heterocycles. The monoisotopic (exact) mass is 305 g/mol. The third-order valence-corrected chi connectivity index (χ3v) is 4.35. The Morgan fingerprint density at radius 2 is 2.13 bits per heavy atom. The normalized spacial score (nSPS) is 17.9. The molecule has 0 spiro atoms. The fraction of sp³-hybridized carbons (Fsp3) is 0.278. The van der Waals surface area contributed by atoms with Crippen molar-refractivity contribution in [3.63, 3.8) is 0 Å². The molecule has 1 unspecified atom stereocenters. The fourth-order valence-electron chi connectivity index (χ4n) is 3.16. The number of nitrogens with zero attached hydrogens (tertiary/aromatic N) is 3. The molecule has 0 saturated heterocycles. The lowest BCUT2D eigenvalue weighted by molar-refractivity contribution is 0.620. The van der Waals surface area contributed by atoms with Crippen LogP contribution < -0.4 is 5.32 Å². The van der Waals surface area contributed by atoms with Crippen LogP contribution in [0.3, 0.4) is 0 Å². The molecule has 0 bridgehead atoms. The summed E-state index contributed by atoms with van der Waals surface area (Å²) >= 11 is 0. The maximum absolute atomic E-state index is 4.37. The summed E-state index contributed by atoms with van der Waals surface area (Å²) in [4.78, 5) is 16.2. The van der Waals surface area contributed by atoms with Gasteiger partial charge < -0.3 is 10.3 Å². The van der Waals surface area contributed by atoms with E-state index in [1.165, 1.54) is 17.6 Å². The molecule has 116 valence electrons. The highest BCUT2D eigenvalue weighted by Crippen LogP contribution is 2.28. The topological polar surface area (TPSA) is 66.5 Å². The van der Waals surface area contributed by atoms with Crippen molar-refractivity contribution in [2.24, 2.45) is 0 Å². The Kier molecular flexibility index (Phi) is 3.33. The zero-order valence-corrected chi connectivity index (χ0v) is 13.3. The predicted octanol–water partition coefficient (Wildman–Crippen LogP) is 3.57. The number of aromatic amines is 1. The first-order valence-electron chi connectivity index (χ1n) is 7.99. The van der Waals surface area contributed by atoms with E-state index in [0.717, 1.165) is 28.4 Å². The van der Waals surface area contributed by atoms with Crippen molar-refractivity contribution in [1.82, 2.24) is 25.3 Å². The summed E-state index contributed by atoms with van der Waals surface area (Å²) in [5, 5.41) is 5.59. The highest BCUT2D eigenvalue weighted by atomic mass is 14.9. The Hall–Kier alpha value is -2.69. The molecule has 0 saturated carbocycles. The van der Waals surface area contributed by atoms with Crippen LogP contribution in [-0.4, -0.2) is 26.0 Å². The van der Waals surface area contributed by atoms with E-state index in [9.17, 15) is 0 Å². The van der Waals surface area contributed by atoms with E-state index in [-0.39, 0.29) is 0 Å². The Balaban J connectivity index is 1.75. The smallest absolute Gasteiger partial charge is 0.180 e. The summed E-state index contributed by atoms with van der Waals surface area (Å²) in [5.74, 6) is 0. The average Bonchev–Trinajstić information content (AvgIpc) is 3.04. The van der Waals surface area contributed by atoms with Crippen molar-refractivity contribution in [3.8, 4) is 0 Å². The summed E-state index contributed by atoms with van der Waals surface area (Å²) in [5.41, 5.74) is 5.09. The second-order valence-electron chi connectivity index (χ2n) is 5.99. The highest BCUT2D eigenvalue weighted by Gasteiger charge is 2.14. The zero-order valence-electron chi connectivity index (χ0n) is 13.3. The second-order valence-corrected chi connectivity index (χ2v) is 5.99. The van der Waals surface area contributed by atoms with Gasteiger partial charge in [-0.1, -0.05) is 19.4 Å². The van der Waals surface area contributed by atoms with Crippen molar-refractivity contribution in [3.05, 3.63) is 48.3 Å². The third-order valence-electron chi connectivity index (χ3n) is 4.35. The quantitative estimate of drug-likeness (QED) is 0.776. The number of rotatable bonds is 3. The molecule has 3 aromatic rings. The Labute approximate surface area is 134 Å². The molecule has 3 aromatic heterocycles. The molecular weight excluding hydrogens is 286 g/mol. The van der Waals surface area contributed by atoms with Gasteiger partial charge >= 0.3 is 0 Å². The Bertz CT molecular complexity index is 935. The fourth-order valence-corrected chi connectivity index (χ4v) is 3.16. The minimum atomic E-state index is 0.435. The number of nitrogens with one attached hydrogen (secondary N) is 2. The van der Waals surface area contributed by atoms with Gasteiger partial charge in [0.25, 0.3) is 0 Å². The van der Waals surface area contributed by atoms with Crippen LogP contribution in [0.25, 0.3) is 27.5 Å². The molecule has 0 radical (unpaired) electrons. The van der Waals surface area contributed by atoms with Crippen molar-refractivity contribution in [2.75, 3.05) is 0 Å². The standard InChI is InChI=1S/C18H19N5/c1-3-4-13-5-11(2)14(8-19-13)16-6-12-7-21-18-17(22-10-23-18)15(12)9-20-16/h5-10,13,19-20H,3-4H2,1-2H3. The van der Waals surface area contributed by atoms with Crippen LogP contribution in [0.5, 0.6) is 0 Å². The van der Waals surface area contributed by atoms with Gasteiger partial charge in [0.05, 0.1) is 0 Å². The zero-order chi connectivity index (χ0) is 15.8. The predicted molar refractivity (Wildman–Crippen MR) is 92.8 cm³/mol. The maximum Gasteiger partial charge on any atom is 0.180 e. The van der Waals surface area contributed by atoms with E-state index in [1.54, 1.807) is 6.33 Å². The van der Waals surface area contributed by atoms with Gasteiger partial charge in [-0.05, 0) is 25.0 Å². The van der Waals surface area contributed by atoms with Crippen LogP contribution in [0.1, 0.15) is 32.4 Å². The molecule has 0 fully saturated rings. The summed E-state index contributed by atoms with van der Waals surface area (Å²) in [6.45, 7) is 4.37. The molecule has 4 rings (SSSR count). The van der Waals surface area contributed by atoms with Crippen LogP contribution >= 0.6 is 0 Å². The van der Waals surface area contributed by atoms with Gasteiger partial charge in [-0.15, -0.1) is 0 Å². The summed E-state index contributed by atoms with van der Waals surface area (Å²) < 4.78 is 0. The van der Waals surface area contributed by atoms with Crippen molar-refractivity contribution in [2.45, 2.75) is 32.7 Å². The number of imidazole rings is 1. The first-order chi connectivity index (χ1) is 11.3. The first-order valence-corrected chi connectivity index (χ1v) is 7.99. The maximum atomic E-state index is 4.37. The summed E-state index contributed by atoms with van der Waals surface area (Å²) in [6, 6.07) is 2.56. The van der Waals surface area contributed by atoms with Crippen LogP contribution in [-0.2, 0) is 0 Å². The summed E-state index contributed by atoms with van der Waals surface area (Å²) in [6.07, 6.45) is 12.2. The average molecular weight is 305 g/mol. The molecule has 5 heteroatoms. The van der Waals surface area contributed by atoms with Gasteiger partial charge in [-0.2, -0.15) is 0 Å². The van der Waals surface area contributed by atoms with E-state index in [2.05, 4.69) is 57.4 Å². The number of hydrogen-bond donors (Lipinski definition) is 2. The minimum absolute atomic E-state index is 0.435. The van der Waals surface area contributed by atoms with Gasteiger partial charge in [-0.25, -0.2) is 15.0 Å². The second kappa shape index (κ2) is 5.50. The van der Waals surface area contributed by atoms with Crippen LogP contribution in [0.15, 0.2) is 42.6 Å². The lowest BCUT2D eigenvalue weighted by atomic mass is 9.97. The number of H-pyrrole nitrogens is 1. The largest absolute Gasteiger partial charge is 0.384 e. The van der Waals surface area contributed by atoms with E-state index in [1.807, 2.05) is 12.4 Å². The third kappa shape index (κ3) is 2.38. The Morgan fingerprint density at radius 1 is 1.22 bits per heavy atom. The number of pyridine rings is 2. The van der Waals surface area contributed by atoms with Crippen molar-refractivity contribution < 1.29 is 0 Å². The van der Waals surface area contributed by atoms with Gasteiger partial charge in [0.1, 0.15) is 11.8 Å². The van der Waals surface area contributed by atoms with E-state index in [0.29, 0.717) is 11.7 Å².